The molecule has 0 saturated carbocycles. The Labute approximate surface area is 264 Å². The highest BCUT2D eigenvalue weighted by Gasteiger charge is 2.19. The Morgan fingerprint density at radius 1 is 0.935 bits per heavy atom. The van der Waals surface area contributed by atoms with Crippen molar-refractivity contribution in [3.63, 3.8) is 0 Å². The van der Waals surface area contributed by atoms with Crippen LogP contribution in [-0.4, -0.2) is 53.3 Å². The van der Waals surface area contributed by atoms with E-state index < -0.39 is 0 Å². The number of imidazole rings is 1. The second-order valence-electron chi connectivity index (χ2n) is 10.7. The maximum absolute atomic E-state index is 11.7. The van der Waals surface area contributed by atoms with E-state index in [1.807, 2.05) is 90.4 Å². The average molecular weight is 608 g/mol. The molecule has 226 valence electrons. The molecule has 2 N–H and O–H groups in total. The number of rotatable bonds is 10. The summed E-state index contributed by atoms with van der Waals surface area (Å²) in [5.74, 6) is 2.12. The molecule has 46 heavy (non-hydrogen) atoms. The number of fused-ring (bicyclic) bond motifs is 1. The number of benzene rings is 2. The second-order valence-corrected chi connectivity index (χ2v) is 10.7. The standard InChI is InChI=1S/C35H29N9O2/c1-22-5-13-32(43-41-22)39-25-9-12-31-30(19-25)37-21-44(31)33-14-8-24(15-17-45)34(40-33)27-4-3-16-36-35(27)28-20-38-42-29(28)18-23-6-10-26(46-2)11-7-23/h3-14,16-17,19-21H,15,18H2,1-2H3,(H,38,42)(H,39,43). The fourth-order valence-electron chi connectivity index (χ4n) is 5.40. The first-order valence-electron chi connectivity index (χ1n) is 14.7. The fraction of sp³-hybridized carbons (Fsp3) is 0.114. The molecular formula is C35H29N9O2. The van der Waals surface area contributed by atoms with E-state index in [1.165, 1.54) is 0 Å². The first-order valence-corrected chi connectivity index (χ1v) is 14.7. The molecular weight excluding hydrogens is 578 g/mol. The van der Waals surface area contributed by atoms with Gasteiger partial charge in [-0.05, 0) is 78.7 Å². The van der Waals surface area contributed by atoms with Crippen LogP contribution in [-0.2, 0) is 17.6 Å². The van der Waals surface area contributed by atoms with Crippen LogP contribution in [0.3, 0.4) is 0 Å². The van der Waals surface area contributed by atoms with E-state index in [4.69, 9.17) is 14.7 Å². The number of anilines is 2. The number of hydrogen-bond donors (Lipinski definition) is 2. The number of carbonyl (C=O) groups excluding carboxylic acids is 1. The first kappa shape index (κ1) is 28.5. The van der Waals surface area contributed by atoms with Crippen LogP contribution in [0.4, 0.5) is 11.5 Å². The Kier molecular flexibility index (Phi) is 7.70. The van der Waals surface area contributed by atoms with E-state index in [9.17, 15) is 4.79 Å². The highest BCUT2D eigenvalue weighted by Crippen LogP contribution is 2.34. The fourth-order valence-corrected chi connectivity index (χ4v) is 5.40. The number of methoxy groups -OCH3 is 1. The zero-order chi connectivity index (χ0) is 31.5. The molecule has 2 aromatic carbocycles. The largest absolute Gasteiger partial charge is 0.497 e. The third-order valence-electron chi connectivity index (χ3n) is 7.71. The molecule has 0 fully saturated rings. The summed E-state index contributed by atoms with van der Waals surface area (Å²) in [6.07, 6.45) is 7.01. The van der Waals surface area contributed by atoms with Crippen molar-refractivity contribution >= 4 is 28.8 Å². The molecule has 0 radical (unpaired) electrons. The molecule has 5 heterocycles. The minimum absolute atomic E-state index is 0.211. The highest BCUT2D eigenvalue weighted by atomic mass is 16.5. The monoisotopic (exact) mass is 607 g/mol. The quantitative estimate of drug-likeness (QED) is 0.178. The number of hydrogen-bond acceptors (Lipinski definition) is 9. The van der Waals surface area contributed by atoms with Crippen LogP contribution in [0.25, 0.3) is 39.4 Å². The molecule has 5 aromatic heterocycles. The van der Waals surface area contributed by atoms with Crippen molar-refractivity contribution in [1.82, 2.24) is 39.9 Å². The molecule has 0 spiro atoms. The second kappa shape index (κ2) is 12.4. The van der Waals surface area contributed by atoms with E-state index in [-0.39, 0.29) is 6.42 Å². The predicted octanol–water partition coefficient (Wildman–Crippen LogP) is 6.06. The van der Waals surface area contributed by atoms with Crippen LogP contribution in [0.5, 0.6) is 5.75 Å². The Morgan fingerprint density at radius 2 is 1.83 bits per heavy atom. The lowest BCUT2D eigenvalue weighted by Crippen LogP contribution is -2.03. The van der Waals surface area contributed by atoms with Gasteiger partial charge in [-0.2, -0.15) is 10.2 Å². The van der Waals surface area contributed by atoms with Gasteiger partial charge in [0.1, 0.15) is 24.2 Å². The van der Waals surface area contributed by atoms with Crippen molar-refractivity contribution in [3.05, 3.63) is 120 Å². The number of aryl methyl sites for hydroxylation is 1. The number of H-pyrrole nitrogens is 1. The van der Waals surface area contributed by atoms with E-state index in [2.05, 4.69) is 30.7 Å². The Balaban J connectivity index is 1.25. The molecule has 7 aromatic rings. The smallest absolute Gasteiger partial charge is 0.153 e. The van der Waals surface area contributed by atoms with Gasteiger partial charge in [-0.1, -0.05) is 18.2 Å². The lowest BCUT2D eigenvalue weighted by molar-refractivity contribution is -0.107. The van der Waals surface area contributed by atoms with Gasteiger partial charge in [-0.25, -0.2) is 9.97 Å². The number of aromatic nitrogens is 8. The summed E-state index contributed by atoms with van der Waals surface area (Å²) in [7, 11) is 1.65. The lowest BCUT2D eigenvalue weighted by atomic mass is 9.97. The van der Waals surface area contributed by atoms with Crippen molar-refractivity contribution in [2.45, 2.75) is 19.8 Å². The van der Waals surface area contributed by atoms with Crippen molar-refractivity contribution in [2.75, 3.05) is 12.4 Å². The van der Waals surface area contributed by atoms with E-state index in [0.29, 0.717) is 23.8 Å². The molecule has 0 saturated heterocycles. The van der Waals surface area contributed by atoms with Crippen molar-refractivity contribution in [1.29, 1.82) is 0 Å². The van der Waals surface area contributed by atoms with E-state index >= 15 is 0 Å². The van der Waals surface area contributed by atoms with Crippen LogP contribution >= 0.6 is 0 Å². The van der Waals surface area contributed by atoms with Crippen LogP contribution in [0.1, 0.15) is 22.5 Å². The number of aldehydes is 1. The maximum Gasteiger partial charge on any atom is 0.153 e. The Bertz CT molecular complexity index is 2150. The van der Waals surface area contributed by atoms with Crippen LogP contribution in [0, 0.1) is 6.92 Å². The Morgan fingerprint density at radius 3 is 2.63 bits per heavy atom. The zero-order valence-electron chi connectivity index (χ0n) is 25.2. The molecule has 7 rings (SSSR count). The van der Waals surface area contributed by atoms with Crippen molar-refractivity contribution in [3.8, 4) is 34.1 Å². The van der Waals surface area contributed by atoms with Gasteiger partial charge in [0.25, 0.3) is 0 Å². The number of carbonyl (C=O) groups is 1. The number of nitrogens with one attached hydrogen (secondary N) is 2. The zero-order valence-corrected chi connectivity index (χ0v) is 25.2. The Hall–Kier alpha value is -6.23. The topological polar surface area (TPSA) is 136 Å². The SMILES string of the molecule is COc1ccc(Cc2[nH]ncc2-c2ncccc2-c2nc(-n3cnc4cc(Nc5ccc(C)nn5)ccc43)ccc2CC=O)cc1. The molecule has 0 aliphatic heterocycles. The molecule has 0 aliphatic carbocycles. The van der Waals surface area contributed by atoms with Crippen LogP contribution < -0.4 is 10.1 Å². The summed E-state index contributed by atoms with van der Waals surface area (Å²) in [6, 6.07) is 25.3. The highest BCUT2D eigenvalue weighted by molar-refractivity contribution is 5.84. The van der Waals surface area contributed by atoms with Gasteiger partial charge in [0, 0.05) is 41.5 Å². The van der Waals surface area contributed by atoms with Crippen molar-refractivity contribution < 1.29 is 9.53 Å². The molecule has 0 aliphatic rings. The summed E-state index contributed by atoms with van der Waals surface area (Å²) >= 11 is 0. The number of aromatic amines is 1. The number of nitrogens with zero attached hydrogens (tertiary/aromatic N) is 7. The van der Waals surface area contributed by atoms with Crippen molar-refractivity contribution in [2.24, 2.45) is 0 Å². The van der Waals surface area contributed by atoms with Gasteiger partial charge >= 0.3 is 0 Å². The number of pyridine rings is 2. The van der Waals surface area contributed by atoms with Crippen LogP contribution in [0.15, 0.2) is 97.6 Å². The predicted molar refractivity (Wildman–Crippen MR) is 175 cm³/mol. The van der Waals surface area contributed by atoms with Gasteiger partial charge in [0.15, 0.2) is 5.82 Å². The van der Waals surface area contributed by atoms with Gasteiger partial charge in [0.2, 0.25) is 0 Å². The van der Waals surface area contributed by atoms with E-state index in [1.54, 1.807) is 25.8 Å². The molecule has 11 nitrogen and oxygen atoms in total. The summed E-state index contributed by atoms with van der Waals surface area (Å²) in [5.41, 5.74) is 9.23. The summed E-state index contributed by atoms with van der Waals surface area (Å²) < 4.78 is 7.24. The number of ether oxygens (including phenoxy) is 1. The van der Waals surface area contributed by atoms with Gasteiger partial charge in [-0.15, -0.1) is 5.10 Å². The summed E-state index contributed by atoms with van der Waals surface area (Å²) in [5, 5.41) is 19.1. The lowest BCUT2D eigenvalue weighted by Gasteiger charge is -2.14. The molecule has 0 bridgehead atoms. The van der Waals surface area contributed by atoms with E-state index in [0.717, 1.165) is 68.1 Å². The summed E-state index contributed by atoms with van der Waals surface area (Å²) in [6.45, 7) is 1.90. The third kappa shape index (κ3) is 5.69. The minimum Gasteiger partial charge on any atom is -0.497 e. The molecule has 0 amide bonds. The minimum atomic E-state index is 0.211. The van der Waals surface area contributed by atoms with Gasteiger partial charge < -0.3 is 14.8 Å². The van der Waals surface area contributed by atoms with Gasteiger partial charge in [-0.3, -0.25) is 14.6 Å². The molecule has 11 heteroatoms. The normalized spacial score (nSPS) is 11.1. The molecule has 0 unspecified atom stereocenters. The van der Waals surface area contributed by atoms with Crippen LogP contribution in [0.2, 0.25) is 0 Å². The third-order valence-corrected chi connectivity index (χ3v) is 7.71. The molecule has 0 atom stereocenters. The maximum atomic E-state index is 11.7. The first-order chi connectivity index (χ1) is 22.6. The average Bonchev–Trinajstić information content (AvgIpc) is 3.73. The van der Waals surface area contributed by atoms with Gasteiger partial charge in [0.05, 0.1) is 41.4 Å². The summed E-state index contributed by atoms with van der Waals surface area (Å²) in [4.78, 5) is 26.3.